The Hall–Kier alpha value is -2.41. The van der Waals surface area contributed by atoms with E-state index in [0.717, 1.165) is 31.4 Å². The molecule has 2 fully saturated rings. The maximum atomic E-state index is 12.9. The molecule has 7 heteroatoms. The molecule has 0 spiro atoms. The lowest BCUT2D eigenvalue weighted by Gasteiger charge is -2.31. The van der Waals surface area contributed by atoms with Crippen molar-refractivity contribution < 1.29 is 14.4 Å². The van der Waals surface area contributed by atoms with Crippen molar-refractivity contribution in [2.75, 3.05) is 13.1 Å². The molecule has 2 heterocycles. The molecular formula is C22H32N4O3. The lowest BCUT2D eigenvalue weighted by atomic mass is 10.0. The Morgan fingerprint density at radius 1 is 1.14 bits per heavy atom. The van der Waals surface area contributed by atoms with Crippen molar-refractivity contribution >= 4 is 17.7 Å². The van der Waals surface area contributed by atoms with Crippen LogP contribution in [0.2, 0.25) is 0 Å². The summed E-state index contributed by atoms with van der Waals surface area (Å²) in [5.74, 6) is -0.517. The van der Waals surface area contributed by atoms with E-state index in [2.05, 4.69) is 16.0 Å². The van der Waals surface area contributed by atoms with Gasteiger partial charge in [0.25, 0.3) is 0 Å². The third-order valence-electron chi connectivity index (χ3n) is 5.85. The number of nitrogens with one attached hydrogen (secondary N) is 3. The molecule has 0 aliphatic carbocycles. The first-order valence-electron chi connectivity index (χ1n) is 10.5. The quantitative estimate of drug-likeness (QED) is 0.675. The highest BCUT2D eigenvalue weighted by molar-refractivity contribution is 5.95. The fourth-order valence-corrected chi connectivity index (χ4v) is 4.05. The molecule has 2 saturated heterocycles. The molecule has 3 N–H and O–H groups in total. The summed E-state index contributed by atoms with van der Waals surface area (Å²) in [7, 11) is 0. The fraction of sp³-hybridized carbons (Fsp3) is 0.591. The molecule has 29 heavy (non-hydrogen) atoms. The standard InChI is InChI=1S/C22H32N4O3/c1-15(16-9-5-4-6-10-16)24-21(29)22(2,3)25-19(27)18-12-8-14-26(18)20(28)17-11-7-13-23-17/h4-6,9-10,15,17-18,23H,7-8,11-14H2,1-3H3,(H,24,29)(H,25,27)/t15-,17-,18+/m0/s1. The SMILES string of the molecule is C[C@H](NC(=O)C(C)(C)NC(=O)[C@H]1CCCN1C(=O)[C@@H]1CCCN1)c1ccccc1. The number of benzene rings is 1. The highest BCUT2D eigenvalue weighted by atomic mass is 16.2. The van der Waals surface area contributed by atoms with E-state index in [1.807, 2.05) is 37.3 Å². The Labute approximate surface area is 172 Å². The van der Waals surface area contributed by atoms with Gasteiger partial charge >= 0.3 is 0 Å². The van der Waals surface area contributed by atoms with Crippen LogP contribution in [0.5, 0.6) is 0 Å². The first kappa shape index (κ1) is 21.3. The third-order valence-corrected chi connectivity index (χ3v) is 5.85. The van der Waals surface area contributed by atoms with Crippen molar-refractivity contribution in [1.82, 2.24) is 20.9 Å². The third kappa shape index (κ3) is 4.96. The molecule has 158 valence electrons. The van der Waals surface area contributed by atoms with Crippen LogP contribution < -0.4 is 16.0 Å². The van der Waals surface area contributed by atoms with Crippen molar-refractivity contribution in [2.45, 2.75) is 70.1 Å². The van der Waals surface area contributed by atoms with Gasteiger partial charge in [0.1, 0.15) is 11.6 Å². The maximum absolute atomic E-state index is 12.9. The Morgan fingerprint density at radius 3 is 2.52 bits per heavy atom. The summed E-state index contributed by atoms with van der Waals surface area (Å²) in [5, 5.41) is 9.04. The van der Waals surface area contributed by atoms with Gasteiger partial charge in [-0.05, 0) is 58.6 Å². The van der Waals surface area contributed by atoms with E-state index in [1.165, 1.54) is 0 Å². The van der Waals surface area contributed by atoms with Crippen molar-refractivity contribution in [3.05, 3.63) is 35.9 Å². The van der Waals surface area contributed by atoms with E-state index in [0.29, 0.717) is 13.0 Å². The van der Waals surface area contributed by atoms with Crippen LogP contribution in [-0.2, 0) is 14.4 Å². The van der Waals surface area contributed by atoms with Crippen LogP contribution >= 0.6 is 0 Å². The summed E-state index contributed by atoms with van der Waals surface area (Å²) in [6.45, 7) is 6.73. The smallest absolute Gasteiger partial charge is 0.245 e. The van der Waals surface area contributed by atoms with Gasteiger partial charge in [-0.3, -0.25) is 14.4 Å². The zero-order valence-corrected chi connectivity index (χ0v) is 17.5. The number of nitrogens with zero attached hydrogens (tertiary/aromatic N) is 1. The molecule has 1 aromatic rings. The second-order valence-electron chi connectivity index (χ2n) is 8.56. The van der Waals surface area contributed by atoms with Gasteiger partial charge in [0.2, 0.25) is 17.7 Å². The minimum absolute atomic E-state index is 0.0000995. The normalized spacial score (nSPS) is 22.9. The first-order valence-corrected chi connectivity index (χ1v) is 10.5. The van der Waals surface area contributed by atoms with Gasteiger partial charge in [0.05, 0.1) is 12.1 Å². The molecule has 0 aromatic heterocycles. The maximum Gasteiger partial charge on any atom is 0.245 e. The number of hydrogen-bond donors (Lipinski definition) is 3. The van der Waals surface area contributed by atoms with Crippen LogP contribution in [0.3, 0.4) is 0 Å². The minimum Gasteiger partial charge on any atom is -0.348 e. The predicted molar refractivity (Wildman–Crippen MR) is 111 cm³/mol. The van der Waals surface area contributed by atoms with Crippen LogP contribution in [0.15, 0.2) is 30.3 Å². The molecule has 2 aliphatic heterocycles. The minimum atomic E-state index is -1.08. The van der Waals surface area contributed by atoms with E-state index >= 15 is 0 Å². The van der Waals surface area contributed by atoms with Crippen molar-refractivity contribution in [2.24, 2.45) is 0 Å². The summed E-state index contributed by atoms with van der Waals surface area (Å²) in [6.07, 6.45) is 3.22. The number of carbonyl (C=O) groups is 3. The number of hydrogen-bond acceptors (Lipinski definition) is 4. The van der Waals surface area contributed by atoms with Gasteiger partial charge < -0.3 is 20.9 Å². The molecular weight excluding hydrogens is 368 g/mol. The number of likely N-dealkylation sites (tertiary alicyclic amines) is 1. The molecule has 0 saturated carbocycles. The Morgan fingerprint density at radius 2 is 1.86 bits per heavy atom. The van der Waals surface area contributed by atoms with Gasteiger partial charge in [-0.15, -0.1) is 0 Å². The Balaban J connectivity index is 1.60. The predicted octanol–water partition coefficient (Wildman–Crippen LogP) is 1.50. The van der Waals surface area contributed by atoms with Crippen LogP contribution in [0.25, 0.3) is 0 Å². The lowest BCUT2D eigenvalue weighted by molar-refractivity contribution is -0.141. The average molecular weight is 401 g/mol. The highest BCUT2D eigenvalue weighted by Crippen LogP contribution is 2.22. The molecule has 1 aromatic carbocycles. The van der Waals surface area contributed by atoms with E-state index in [-0.39, 0.29) is 29.8 Å². The fourth-order valence-electron chi connectivity index (χ4n) is 4.05. The van der Waals surface area contributed by atoms with E-state index in [1.54, 1.807) is 18.7 Å². The molecule has 0 radical (unpaired) electrons. The van der Waals surface area contributed by atoms with Gasteiger partial charge in [0.15, 0.2) is 0 Å². The summed E-state index contributed by atoms with van der Waals surface area (Å²) < 4.78 is 0. The summed E-state index contributed by atoms with van der Waals surface area (Å²) >= 11 is 0. The largest absolute Gasteiger partial charge is 0.348 e. The molecule has 3 rings (SSSR count). The van der Waals surface area contributed by atoms with Crippen molar-refractivity contribution in [1.29, 1.82) is 0 Å². The molecule has 3 amide bonds. The lowest BCUT2D eigenvalue weighted by Crippen LogP contribution is -2.59. The molecule has 0 bridgehead atoms. The van der Waals surface area contributed by atoms with Crippen LogP contribution in [0, 0.1) is 0 Å². The Bertz CT molecular complexity index is 744. The number of amides is 3. The summed E-state index contributed by atoms with van der Waals surface area (Å²) in [5.41, 5.74) is -0.0807. The summed E-state index contributed by atoms with van der Waals surface area (Å²) in [6, 6.07) is 8.82. The van der Waals surface area contributed by atoms with Crippen LogP contribution in [0.1, 0.15) is 58.1 Å². The second-order valence-corrected chi connectivity index (χ2v) is 8.56. The van der Waals surface area contributed by atoms with E-state index in [4.69, 9.17) is 0 Å². The average Bonchev–Trinajstić information content (AvgIpc) is 3.39. The first-order chi connectivity index (χ1) is 13.8. The van der Waals surface area contributed by atoms with Gasteiger partial charge in [-0.25, -0.2) is 0 Å². The van der Waals surface area contributed by atoms with E-state index < -0.39 is 11.6 Å². The highest BCUT2D eigenvalue weighted by Gasteiger charge is 2.40. The zero-order valence-electron chi connectivity index (χ0n) is 17.5. The molecule has 3 atom stereocenters. The monoisotopic (exact) mass is 400 g/mol. The van der Waals surface area contributed by atoms with Crippen molar-refractivity contribution in [3.63, 3.8) is 0 Å². The molecule has 7 nitrogen and oxygen atoms in total. The van der Waals surface area contributed by atoms with Gasteiger partial charge in [0, 0.05) is 6.54 Å². The topological polar surface area (TPSA) is 90.5 Å². The van der Waals surface area contributed by atoms with Gasteiger partial charge in [-0.1, -0.05) is 30.3 Å². The van der Waals surface area contributed by atoms with Gasteiger partial charge in [-0.2, -0.15) is 0 Å². The molecule has 0 unspecified atom stereocenters. The molecule has 2 aliphatic rings. The Kier molecular flexibility index (Phi) is 6.57. The second kappa shape index (κ2) is 8.95. The number of rotatable bonds is 6. The van der Waals surface area contributed by atoms with Crippen LogP contribution in [-0.4, -0.2) is 53.3 Å². The van der Waals surface area contributed by atoms with Crippen LogP contribution in [0.4, 0.5) is 0 Å². The van der Waals surface area contributed by atoms with Crippen molar-refractivity contribution in [3.8, 4) is 0 Å². The summed E-state index contributed by atoms with van der Waals surface area (Å²) in [4.78, 5) is 40.2. The number of carbonyl (C=O) groups excluding carboxylic acids is 3. The van der Waals surface area contributed by atoms with E-state index in [9.17, 15) is 14.4 Å². The zero-order chi connectivity index (χ0) is 21.0.